The number of aliphatic hydroxyl groups excluding tert-OH is 1. The van der Waals surface area contributed by atoms with Gasteiger partial charge in [-0.2, -0.15) is 0 Å². The van der Waals surface area contributed by atoms with E-state index in [1.54, 1.807) is 13.2 Å². The summed E-state index contributed by atoms with van der Waals surface area (Å²) in [5.74, 6) is 0. The third kappa shape index (κ3) is 3.79. The minimum Gasteiger partial charge on any atom is -0.504 e. The Morgan fingerprint density at radius 3 is 2.67 bits per heavy atom. The summed E-state index contributed by atoms with van der Waals surface area (Å²) in [5.41, 5.74) is 0.858. The minimum atomic E-state index is 0.0658. The molecule has 0 aromatic rings. The summed E-state index contributed by atoms with van der Waals surface area (Å²) >= 11 is 0. The van der Waals surface area contributed by atoms with E-state index >= 15 is 0 Å². The third-order valence-electron chi connectivity index (χ3n) is 0.972. The van der Waals surface area contributed by atoms with Crippen molar-refractivity contribution in [3.63, 3.8) is 0 Å². The van der Waals surface area contributed by atoms with Crippen molar-refractivity contribution >= 4 is 0 Å². The molecule has 1 N–H and O–H groups in total. The molecule has 0 heterocycles. The van der Waals surface area contributed by atoms with E-state index in [1.807, 2.05) is 13.0 Å². The molecule has 0 aliphatic heterocycles. The molecule has 0 aliphatic rings. The molecule has 0 fully saturated rings. The van der Waals surface area contributed by atoms with E-state index in [2.05, 4.69) is 4.74 Å². The van der Waals surface area contributed by atoms with Crippen molar-refractivity contribution in [3.05, 3.63) is 24.0 Å². The number of hydrogen-bond donors (Lipinski definition) is 1. The maximum absolute atomic E-state index is 8.58. The normalized spacial score (nSPS) is 12.6. The second-order valence-corrected chi connectivity index (χ2v) is 1.56. The highest BCUT2D eigenvalue weighted by molar-refractivity contribution is 5.16. The first-order valence-electron chi connectivity index (χ1n) is 2.80. The van der Waals surface area contributed by atoms with E-state index in [0.29, 0.717) is 0 Å². The van der Waals surface area contributed by atoms with Gasteiger partial charge in [0.05, 0.1) is 20.0 Å². The van der Waals surface area contributed by atoms with Crippen LogP contribution in [0, 0.1) is 0 Å². The van der Waals surface area contributed by atoms with Crippen LogP contribution in [0.4, 0.5) is 0 Å². The van der Waals surface area contributed by atoms with Gasteiger partial charge in [-0.3, -0.25) is 0 Å². The summed E-state index contributed by atoms with van der Waals surface area (Å²) in [6, 6.07) is 0. The summed E-state index contributed by atoms with van der Waals surface area (Å²) in [6.45, 7) is 1.93. The highest BCUT2D eigenvalue weighted by atomic mass is 16.5. The average molecular weight is 128 g/mol. The fourth-order valence-corrected chi connectivity index (χ4v) is 0.396. The molecule has 0 radical (unpaired) electrons. The molecule has 0 aromatic carbocycles. The number of rotatable bonds is 3. The van der Waals surface area contributed by atoms with E-state index < -0.39 is 0 Å². The molecule has 0 aromatic heterocycles. The Morgan fingerprint density at radius 1 is 1.67 bits per heavy atom. The van der Waals surface area contributed by atoms with Gasteiger partial charge >= 0.3 is 0 Å². The van der Waals surface area contributed by atoms with Gasteiger partial charge in [0.15, 0.2) is 0 Å². The van der Waals surface area contributed by atoms with Crippen LogP contribution in [-0.4, -0.2) is 18.8 Å². The Balaban J connectivity index is 3.70. The Kier molecular flexibility index (Phi) is 4.92. The molecule has 52 valence electrons. The number of ether oxygens (including phenoxy) is 1. The van der Waals surface area contributed by atoms with Gasteiger partial charge in [0.2, 0.25) is 0 Å². The van der Waals surface area contributed by atoms with Crippen molar-refractivity contribution < 1.29 is 9.84 Å². The molecule has 0 spiro atoms. The van der Waals surface area contributed by atoms with E-state index in [4.69, 9.17) is 5.11 Å². The van der Waals surface area contributed by atoms with Gasteiger partial charge in [-0.15, -0.1) is 0 Å². The Labute approximate surface area is 55.5 Å². The minimum absolute atomic E-state index is 0.0658. The average Bonchev–Trinajstić information content (AvgIpc) is 1.91. The SMILES string of the molecule is C/C=C(\C=C\OC)CO. The molecular weight excluding hydrogens is 116 g/mol. The van der Waals surface area contributed by atoms with Crippen LogP contribution in [0.1, 0.15) is 6.92 Å². The summed E-state index contributed by atoms with van der Waals surface area (Å²) in [4.78, 5) is 0. The van der Waals surface area contributed by atoms with Crippen LogP contribution in [0.15, 0.2) is 24.0 Å². The van der Waals surface area contributed by atoms with E-state index in [1.165, 1.54) is 6.26 Å². The van der Waals surface area contributed by atoms with Gasteiger partial charge in [-0.25, -0.2) is 0 Å². The summed E-state index contributed by atoms with van der Waals surface area (Å²) in [7, 11) is 1.57. The maximum atomic E-state index is 8.58. The Bertz CT molecular complexity index is 114. The van der Waals surface area contributed by atoms with E-state index in [9.17, 15) is 0 Å². The van der Waals surface area contributed by atoms with Crippen LogP contribution in [0.25, 0.3) is 0 Å². The molecule has 0 amide bonds. The van der Waals surface area contributed by atoms with Crippen LogP contribution in [0.2, 0.25) is 0 Å². The number of methoxy groups -OCH3 is 1. The summed E-state index contributed by atoms with van der Waals surface area (Å²) in [6.07, 6.45) is 5.08. The first kappa shape index (κ1) is 8.24. The molecule has 2 heteroatoms. The van der Waals surface area contributed by atoms with Gasteiger partial charge in [0, 0.05) is 0 Å². The highest BCUT2D eigenvalue weighted by Gasteiger charge is 1.82. The highest BCUT2D eigenvalue weighted by Crippen LogP contribution is 1.93. The van der Waals surface area contributed by atoms with Crippen LogP contribution in [0.5, 0.6) is 0 Å². The molecule has 0 unspecified atom stereocenters. The summed E-state index contributed by atoms with van der Waals surface area (Å²) in [5, 5.41) is 8.58. The van der Waals surface area contributed by atoms with Crippen molar-refractivity contribution in [2.75, 3.05) is 13.7 Å². The predicted octanol–water partition coefficient (Wildman–Crippen LogP) is 1.09. The number of aliphatic hydroxyl groups is 1. The standard InChI is InChI=1S/C7H12O2/c1-3-7(6-8)4-5-9-2/h3-5,8H,6H2,1-2H3/b5-4+,7-3+. The topological polar surface area (TPSA) is 29.5 Å². The van der Waals surface area contributed by atoms with Crippen molar-refractivity contribution in [2.45, 2.75) is 6.92 Å². The van der Waals surface area contributed by atoms with E-state index in [-0.39, 0.29) is 6.61 Å². The second kappa shape index (κ2) is 5.38. The molecule has 0 bridgehead atoms. The lowest BCUT2D eigenvalue weighted by Crippen LogP contribution is -1.84. The molecule has 0 atom stereocenters. The Hall–Kier alpha value is -0.760. The predicted molar refractivity (Wildman–Crippen MR) is 37.0 cm³/mol. The smallest absolute Gasteiger partial charge is 0.0828 e. The van der Waals surface area contributed by atoms with Crippen LogP contribution in [0.3, 0.4) is 0 Å². The van der Waals surface area contributed by atoms with Crippen LogP contribution in [-0.2, 0) is 4.74 Å². The number of hydrogen-bond acceptors (Lipinski definition) is 2. The third-order valence-corrected chi connectivity index (χ3v) is 0.972. The van der Waals surface area contributed by atoms with Gasteiger partial charge in [0.25, 0.3) is 0 Å². The van der Waals surface area contributed by atoms with Crippen molar-refractivity contribution in [2.24, 2.45) is 0 Å². The lowest BCUT2D eigenvalue weighted by atomic mass is 10.3. The molecule has 2 nitrogen and oxygen atoms in total. The molecule has 0 saturated carbocycles. The van der Waals surface area contributed by atoms with E-state index in [0.717, 1.165) is 5.57 Å². The zero-order valence-electron chi connectivity index (χ0n) is 5.79. The lowest BCUT2D eigenvalue weighted by Gasteiger charge is -1.91. The maximum Gasteiger partial charge on any atom is 0.0828 e. The Morgan fingerprint density at radius 2 is 2.33 bits per heavy atom. The quantitative estimate of drug-likeness (QED) is 0.455. The van der Waals surface area contributed by atoms with Gasteiger partial charge in [-0.05, 0) is 18.6 Å². The zero-order chi connectivity index (χ0) is 7.11. The molecular formula is C7H12O2. The van der Waals surface area contributed by atoms with Gasteiger partial charge < -0.3 is 9.84 Å². The first-order chi connectivity index (χ1) is 4.35. The van der Waals surface area contributed by atoms with Crippen molar-refractivity contribution in [3.8, 4) is 0 Å². The number of allylic oxidation sites excluding steroid dienone is 1. The first-order valence-corrected chi connectivity index (χ1v) is 2.80. The molecule has 0 aliphatic carbocycles. The van der Waals surface area contributed by atoms with Crippen LogP contribution >= 0.6 is 0 Å². The van der Waals surface area contributed by atoms with Gasteiger partial charge in [0.1, 0.15) is 0 Å². The zero-order valence-corrected chi connectivity index (χ0v) is 5.79. The molecule has 0 saturated heterocycles. The summed E-state index contributed by atoms with van der Waals surface area (Å²) < 4.78 is 4.64. The van der Waals surface area contributed by atoms with Crippen LogP contribution < -0.4 is 0 Å². The van der Waals surface area contributed by atoms with Crippen molar-refractivity contribution in [1.82, 2.24) is 0 Å². The van der Waals surface area contributed by atoms with Gasteiger partial charge in [-0.1, -0.05) is 6.08 Å². The second-order valence-electron chi connectivity index (χ2n) is 1.56. The molecule has 0 rings (SSSR count). The fourth-order valence-electron chi connectivity index (χ4n) is 0.396. The van der Waals surface area contributed by atoms with Crippen molar-refractivity contribution in [1.29, 1.82) is 0 Å². The molecule has 9 heavy (non-hydrogen) atoms. The largest absolute Gasteiger partial charge is 0.504 e. The monoisotopic (exact) mass is 128 g/mol. The lowest BCUT2D eigenvalue weighted by molar-refractivity contribution is 0.326. The fraction of sp³-hybridized carbons (Fsp3) is 0.429.